The number of hydrogen-bond acceptors (Lipinski definition) is 5. The Morgan fingerprint density at radius 3 is 2.10 bits per heavy atom. The van der Waals surface area contributed by atoms with E-state index in [1.165, 1.54) is 13.8 Å². The largest absolute Gasteiger partial charge is 0.481 e. The summed E-state index contributed by atoms with van der Waals surface area (Å²) in [4.78, 5) is 43.5. The molecular weight excluding hydrogens is 264 g/mol. The fourth-order valence-corrected chi connectivity index (χ4v) is 1.74. The number of esters is 1. The van der Waals surface area contributed by atoms with Crippen molar-refractivity contribution in [1.82, 2.24) is 0 Å². The van der Waals surface area contributed by atoms with Crippen LogP contribution >= 0.6 is 0 Å². The number of carbonyl (C=O) groups excluding carboxylic acids is 3. The summed E-state index contributed by atoms with van der Waals surface area (Å²) in [5.74, 6) is -3.05. The van der Waals surface area contributed by atoms with Crippen molar-refractivity contribution in [3.8, 4) is 0 Å². The summed E-state index contributed by atoms with van der Waals surface area (Å²) in [6, 6.07) is 0. The van der Waals surface area contributed by atoms with Crippen molar-refractivity contribution in [3.05, 3.63) is 0 Å². The van der Waals surface area contributed by atoms with Gasteiger partial charge in [0.1, 0.15) is 23.9 Å². The predicted octanol–water partition coefficient (Wildman–Crippen LogP) is 1.75. The summed E-state index contributed by atoms with van der Waals surface area (Å²) in [5.41, 5.74) is 0. The molecule has 0 heterocycles. The molecule has 1 atom stereocenters. The number of unbranched alkanes of at least 4 members (excludes halogenated alkanes) is 3. The summed E-state index contributed by atoms with van der Waals surface area (Å²) in [6.07, 6.45) is 3.03. The molecule has 0 rings (SSSR count). The van der Waals surface area contributed by atoms with Crippen molar-refractivity contribution < 1.29 is 29.0 Å². The molecule has 0 aliphatic heterocycles. The zero-order valence-electron chi connectivity index (χ0n) is 12.0. The number of rotatable bonds is 11. The molecule has 114 valence electrons. The number of carbonyl (C=O) groups is 4. The Kier molecular flexibility index (Phi) is 9.24. The Balaban J connectivity index is 3.58. The van der Waals surface area contributed by atoms with Crippen LogP contribution in [0.15, 0.2) is 0 Å². The first-order chi connectivity index (χ1) is 9.34. The zero-order valence-corrected chi connectivity index (χ0v) is 12.0. The fourth-order valence-electron chi connectivity index (χ4n) is 1.74. The minimum absolute atomic E-state index is 0.196. The van der Waals surface area contributed by atoms with Crippen LogP contribution in [0.5, 0.6) is 0 Å². The average Bonchev–Trinajstić information content (AvgIpc) is 2.30. The van der Waals surface area contributed by atoms with E-state index >= 15 is 0 Å². The third kappa shape index (κ3) is 9.24. The van der Waals surface area contributed by atoms with E-state index in [0.29, 0.717) is 19.3 Å². The quantitative estimate of drug-likeness (QED) is 0.353. The second kappa shape index (κ2) is 10.1. The van der Waals surface area contributed by atoms with E-state index in [0.717, 1.165) is 12.8 Å². The highest BCUT2D eigenvalue weighted by atomic mass is 16.5. The van der Waals surface area contributed by atoms with Crippen LogP contribution in [0.25, 0.3) is 0 Å². The van der Waals surface area contributed by atoms with Gasteiger partial charge in [0.25, 0.3) is 0 Å². The molecule has 0 radical (unpaired) electrons. The number of hydrogen-bond donors (Lipinski definition) is 1. The molecule has 0 aliphatic carbocycles. The van der Waals surface area contributed by atoms with Gasteiger partial charge in [-0.15, -0.1) is 0 Å². The van der Waals surface area contributed by atoms with Crippen LogP contribution in [0.3, 0.4) is 0 Å². The van der Waals surface area contributed by atoms with Crippen LogP contribution in [-0.4, -0.2) is 35.2 Å². The van der Waals surface area contributed by atoms with E-state index in [1.807, 2.05) is 0 Å². The lowest BCUT2D eigenvalue weighted by atomic mass is 9.97. The molecule has 20 heavy (non-hydrogen) atoms. The van der Waals surface area contributed by atoms with Crippen molar-refractivity contribution in [2.75, 3.05) is 6.61 Å². The number of aliphatic carboxylic acids is 1. The summed E-state index contributed by atoms with van der Waals surface area (Å²) in [7, 11) is 0. The van der Waals surface area contributed by atoms with Crippen LogP contribution < -0.4 is 0 Å². The first-order valence-electron chi connectivity index (χ1n) is 6.73. The Hall–Kier alpha value is -1.72. The standard InChI is InChI=1S/C14H22O6/c1-10(15)9-13(17)20-8-6-4-3-5-7-12(11(2)16)14(18)19/h12H,3-9H2,1-2H3,(H,18,19). The van der Waals surface area contributed by atoms with Gasteiger partial charge in [0.05, 0.1) is 6.61 Å². The molecule has 0 saturated carbocycles. The molecule has 6 heteroatoms. The summed E-state index contributed by atoms with van der Waals surface area (Å²) < 4.78 is 4.85. The zero-order chi connectivity index (χ0) is 15.5. The van der Waals surface area contributed by atoms with Gasteiger partial charge >= 0.3 is 11.9 Å². The molecule has 0 amide bonds. The minimum Gasteiger partial charge on any atom is -0.481 e. The highest BCUT2D eigenvalue weighted by molar-refractivity contribution is 5.96. The normalized spacial score (nSPS) is 11.7. The van der Waals surface area contributed by atoms with Gasteiger partial charge in [0, 0.05) is 0 Å². The van der Waals surface area contributed by atoms with Crippen LogP contribution in [0.4, 0.5) is 0 Å². The Labute approximate surface area is 118 Å². The van der Waals surface area contributed by atoms with Crippen molar-refractivity contribution in [2.45, 2.75) is 52.4 Å². The molecule has 0 aromatic rings. The molecule has 1 unspecified atom stereocenters. The smallest absolute Gasteiger partial charge is 0.314 e. The van der Waals surface area contributed by atoms with Gasteiger partial charge in [0.2, 0.25) is 0 Å². The summed E-state index contributed by atoms with van der Waals surface area (Å²) >= 11 is 0. The van der Waals surface area contributed by atoms with E-state index in [-0.39, 0.29) is 24.6 Å². The van der Waals surface area contributed by atoms with Crippen molar-refractivity contribution in [3.63, 3.8) is 0 Å². The maximum Gasteiger partial charge on any atom is 0.314 e. The average molecular weight is 286 g/mol. The molecule has 6 nitrogen and oxygen atoms in total. The number of carboxylic acid groups (broad SMARTS) is 1. The number of ether oxygens (including phenoxy) is 1. The first-order valence-corrected chi connectivity index (χ1v) is 6.73. The highest BCUT2D eigenvalue weighted by Gasteiger charge is 2.21. The molecule has 0 aliphatic rings. The lowest BCUT2D eigenvalue weighted by Gasteiger charge is -2.08. The van der Waals surface area contributed by atoms with Gasteiger partial charge in [-0.05, 0) is 26.7 Å². The SMILES string of the molecule is CC(=O)CC(=O)OCCCCCCC(C(C)=O)C(=O)O. The van der Waals surface area contributed by atoms with Gasteiger partial charge in [-0.2, -0.15) is 0 Å². The molecule has 0 spiro atoms. The second-order valence-corrected chi connectivity index (χ2v) is 4.80. The Bertz CT molecular complexity index is 347. The Morgan fingerprint density at radius 2 is 1.60 bits per heavy atom. The predicted molar refractivity (Wildman–Crippen MR) is 71.1 cm³/mol. The highest BCUT2D eigenvalue weighted by Crippen LogP contribution is 2.12. The molecule has 0 fully saturated rings. The van der Waals surface area contributed by atoms with Gasteiger partial charge in [-0.1, -0.05) is 19.3 Å². The Morgan fingerprint density at radius 1 is 1.00 bits per heavy atom. The van der Waals surface area contributed by atoms with Crippen molar-refractivity contribution in [2.24, 2.45) is 5.92 Å². The maximum atomic E-state index is 11.0. The van der Waals surface area contributed by atoms with Gasteiger partial charge in [-0.25, -0.2) is 0 Å². The molecule has 0 bridgehead atoms. The third-order valence-corrected chi connectivity index (χ3v) is 2.83. The molecule has 1 N–H and O–H groups in total. The van der Waals surface area contributed by atoms with Crippen LogP contribution in [0, 0.1) is 5.92 Å². The van der Waals surface area contributed by atoms with Crippen molar-refractivity contribution >= 4 is 23.5 Å². The lowest BCUT2D eigenvalue weighted by molar-refractivity contribution is -0.147. The van der Waals surface area contributed by atoms with E-state index in [4.69, 9.17) is 9.84 Å². The number of Topliss-reactive ketones (excluding diaryl/α,β-unsaturated/α-hetero) is 2. The third-order valence-electron chi connectivity index (χ3n) is 2.83. The second-order valence-electron chi connectivity index (χ2n) is 4.80. The van der Waals surface area contributed by atoms with Crippen LogP contribution in [-0.2, 0) is 23.9 Å². The number of carboxylic acids is 1. The summed E-state index contributed by atoms with van der Waals surface area (Å²) in [5, 5.41) is 8.81. The topological polar surface area (TPSA) is 97.7 Å². The maximum absolute atomic E-state index is 11.0. The fraction of sp³-hybridized carbons (Fsp3) is 0.714. The monoisotopic (exact) mass is 286 g/mol. The molecule has 0 saturated heterocycles. The van der Waals surface area contributed by atoms with Crippen LogP contribution in [0.1, 0.15) is 52.4 Å². The first kappa shape index (κ1) is 18.3. The van der Waals surface area contributed by atoms with Gasteiger partial charge in [0.15, 0.2) is 0 Å². The molecular formula is C14H22O6. The van der Waals surface area contributed by atoms with E-state index in [1.54, 1.807) is 0 Å². The van der Waals surface area contributed by atoms with Crippen molar-refractivity contribution in [1.29, 1.82) is 0 Å². The van der Waals surface area contributed by atoms with Gasteiger partial charge in [-0.3, -0.25) is 19.2 Å². The van der Waals surface area contributed by atoms with E-state index < -0.39 is 17.9 Å². The van der Waals surface area contributed by atoms with E-state index in [2.05, 4.69) is 0 Å². The molecule has 0 aromatic carbocycles. The number of ketones is 2. The van der Waals surface area contributed by atoms with Gasteiger partial charge < -0.3 is 9.84 Å². The lowest BCUT2D eigenvalue weighted by Crippen LogP contribution is -2.21. The van der Waals surface area contributed by atoms with Crippen LogP contribution in [0.2, 0.25) is 0 Å². The summed E-state index contributed by atoms with van der Waals surface area (Å²) in [6.45, 7) is 2.88. The minimum atomic E-state index is -1.07. The molecule has 0 aromatic heterocycles. The van der Waals surface area contributed by atoms with E-state index in [9.17, 15) is 19.2 Å².